The number of benzene rings is 2. The number of β-lactam (4-membered cyclic amide) rings is 1. The number of hydrogen-bond donors (Lipinski definition) is 0. The molecule has 118 valence electrons. The molecule has 1 fully saturated rings. The fourth-order valence-electron chi connectivity index (χ4n) is 2.80. The number of hydrogen-bond acceptors (Lipinski definition) is 3. The summed E-state index contributed by atoms with van der Waals surface area (Å²) in [7, 11) is 0. The summed E-state index contributed by atoms with van der Waals surface area (Å²) >= 11 is 5.80. The van der Waals surface area contributed by atoms with Crippen LogP contribution in [0.1, 0.15) is 11.6 Å². The molecule has 0 aliphatic carbocycles. The molecular formula is C16H10ClF2NO3. The lowest BCUT2D eigenvalue weighted by molar-refractivity contribution is -0.162. The summed E-state index contributed by atoms with van der Waals surface area (Å²) < 4.78 is 38.6. The van der Waals surface area contributed by atoms with E-state index in [9.17, 15) is 13.6 Å². The van der Waals surface area contributed by atoms with Gasteiger partial charge in [-0.1, -0.05) is 23.7 Å². The van der Waals surface area contributed by atoms with E-state index >= 15 is 0 Å². The fourth-order valence-corrected chi connectivity index (χ4v) is 2.92. The minimum absolute atomic E-state index is 0.0729. The molecule has 2 aromatic carbocycles. The molecule has 1 atom stereocenters. The van der Waals surface area contributed by atoms with Crippen LogP contribution in [-0.2, 0) is 4.79 Å². The van der Waals surface area contributed by atoms with E-state index in [1.165, 1.54) is 30.3 Å². The van der Waals surface area contributed by atoms with Crippen LogP contribution in [0.5, 0.6) is 11.5 Å². The van der Waals surface area contributed by atoms with Gasteiger partial charge < -0.3 is 9.47 Å². The lowest BCUT2D eigenvalue weighted by atomic mass is 9.89. The van der Waals surface area contributed by atoms with E-state index in [1.807, 2.05) is 0 Å². The molecule has 0 unspecified atom stereocenters. The number of amides is 1. The van der Waals surface area contributed by atoms with Crippen LogP contribution in [0.25, 0.3) is 0 Å². The van der Waals surface area contributed by atoms with Crippen molar-refractivity contribution in [1.82, 2.24) is 0 Å². The van der Waals surface area contributed by atoms with Crippen LogP contribution < -0.4 is 14.4 Å². The van der Waals surface area contributed by atoms with Gasteiger partial charge in [0, 0.05) is 16.8 Å². The summed E-state index contributed by atoms with van der Waals surface area (Å²) in [4.78, 5) is 13.0. The minimum Gasteiger partial charge on any atom is -0.454 e. The van der Waals surface area contributed by atoms with Gasteiger partial charge in [0.05, 0.1) is 0 Å². The maximum Gasteiger partial charge on any atom is 0.349 e. The van der Waals surface area contributed by atoms with Crippen molar-refractivity contribution in [2.45, 2.75) is 12.0 Å². The molecule has 2 aliphatic rings. The molecule has 23 heavy (non-hydrogen) atoms. The third-order valence-corrected chi connectivity index (χ3v) is 4.18. The van der Waals surface area contributed by atoms with Gasteiger partial charge >= 0.3 is 11.8 Å². The highest BCUT2D eigenvalue weighted by atomic mass is 35.5. The number of carbonyl (C=O) groups excluding carboxylic acids is 1. The van der Waals surface area contributed by atoms with Crippen LogP contribution in [0.3, 0.4) is 0 Å². The van der Waals surface area contributed by atoms with Crippen LogP contribution in [0.4, 0.5) is 14.5 Å². The molecule has 0 N–H and O–H groups in total. The summed E-state index contributed by atoms with van der Waals surface area (Å²) in [5.41, 5.74) is 0.654. The Kier molecular flexibility index (Phi) is 2.99. The predicted molar refractivity (Wildman–Crippen MR) is 79.2 cm³/mol. The van der Waals surface area contributed by atoms with Crippen LogP contribution in [0, 0.1) is 0 Å². The van der Waals surface area contributed by atoms with Gasteiger partial charge in [-0.2, -0.15) is 8.78 Å². The fraction of sp³-hybridized carbons (Fsp3) is 0.188. The normalized spacial score (nSPS) is 21.3. The Balaban J connectivity index is 1.74. The average Bonchev–Trinajstić information content (AvgIpc) is 3.00. The van der Waals surface area contributed by atoms with Crippen molar-refractivity contribution >= 4 is 23.2 Å². The van der Waals surface area contributed by atoms with Gasteiger partial charge in [-0.3, -0.25) is 9.69 Å². The van der Waals surface area contributed by atoms with Crippen molar-refractivity contribution in [2.75, 3.05) is 11.7 Å². The molecule has 0 saturated carbocycles. The zero-order valence-electron chi connectivity index (χ0n) is 11.6. The molecule has 7 heteroatoms. The van der Waals surface area contributed by atoms with Gasteiger partial charge in [0.15, 0.2) is 11.5 Å². The lowest BCUT2D eigenvalue weighted by Crippen LogP contribution is -2.64. The highest BCUT2D eigenvalue weighted by Gasteiger charge is 2.64. The van der Waals surface area contributed by atoms with E-state index in [0.717, 1.165) is 4.90 Å². The second-order valence-corrected chi connectivity index (χ2v) is 5.73. The third-order valence-electron chi connectivity index (χ3n) is 3.93. The van der Waals surface area contributed by atoms with Crippen molar-refractivity contribution in [3.63, 3.8) is 0 Å². The molecule has 1 amide bonds. The molecule has 4 nitrogen and oxygen atoms in total. The first-order valence-electron chi connectivity index (χ1n) is 6.85. The van der Waals surface area contributed by atoms with Crippen LogP contribution in [0.2, 0.25) is 5.02 Å². The molecule has 0 aromatic heterocycles. The SMILES string of the molecule is O=C1N(c2ccc3c(c2)OCO3)[C@@H](c2ccc(Cl)cc2)C1(F)F. The lowest BCUT2D eigenvalue weighted by Gasteiger charge is -2.46. The number of halogens is 3. The first kappa shape index (κ1) is 14.3. The maximum absolute atomic E-state index is 14.1. The number of ether oxygens (including phenoxy) is 2. The van der Waals surface area contributed by atoms with Gasteiger partial charge in [-0.25, -0.2) is 0 Å². The molecule has 0 bridgehead atoms. The van der Waals surface area contributed by atoms with Gasteiger partial charge in [0.25, 0.3) is 0 Å². The quantitative estimate of drug-likeness (QED) is 0.783. The number of fused-ring (bicyclic) bond motifs is 1. The van der Waals surface area contributed by atoms with E-state index in [0.29, 0.717) is 27.8 Å². The largest absolute Gasteiger partial charge is 0.454 e. The zero-order valence-corrected chi connectivity index (χ0v) is 12.4. The Morgan fingerprint density at radius 1 is 1.09 bits per heavy atom. The Morgan fingerprint density at radius 2 is 1.78 bits per heavy atom. The van der Waals surface area contributed by atoms with Crippen molar-refractivity contribution in [2.24, 2.45) is 0 Å². The summed E-state index contributed by atoms with van der Waals surface area (Å²) in [6, 6.07) is 9.34. The molecule has 2 heterocycles. The molecule has 0 spiro atoms. The van der Waals surface area contributed by atoms with E-state index in [1.54, 1.807) is 12.1 Å². The Morgan fingerprint density at radius 3 is 2.52 bits per heavy atom. The van der Waals surface area contributed by atoms with Gasteiger partial charge in [0.2, 0.25) is 6.79 Å². The highest BCUT2D eigenvalue weighted by molar-refractivity contribution is 6.30. The van der Waals surface area contributed by atoms with Crippen LogP contribution >= 0.6 is 11.6 Å². The number of alkyl halides is 2. The summed E-state index contributed by atoms with van der Waals surface area (Å²) in [5, 5.41) is 0.442. The van der Waals surface area contributed by atoms with Gasteiger partial charge in [0.1, 0.15) is 6.04 Å². The Labute approximate surface area is 135 Å². The van der Waals surface area contributed by atoms with Crippen molar-refractivity contribution in [3.05, 3.63) is 53.1 Å². The third kappa shape index (κ3) is 2.05. The molecule has 4 rings (SSSR count). The van der Waals surface area contributed by atoms with Crippen LogP contribution in [-0.4, -0.2) is 18.6 Å². The predicted octanol–water partition coefficient (Wildman–Crippen LogP) is 3.79. The van der Waals surface area contributed by atoms with Crippen molar-refractivity contribution in [3.8, 4) is 11.5 Å². The molecule has 2 aliphatic heterocycles. The molecule has 2 aromatic rings. The number of anilines is 1. The van der Waals surface area contributed by atoms with E-state index < -0.39 is 17.9 Å². The number of rotatable bonds is 2. The summed E-state index contributed by atoms with van der Waals surface area (Å²) in [6.07, 6.45) is 0. The Hall–Kier alpha value is -2.34. The zero-order chi connectivity index (χ0) is 16.2. The smallest absolute Gasteiger partial charge is 0.349 e. The first-order valence-corrected chi connectivity index (χ1v) is 7.23. The number of nitrogens with zero attached hydrogens (tertiary/aromatic N) is 1. The maximum atomic E-state index is 14.1. The molecule has 0 radical (unpaired) electrons. The molecular weight excluding hydrogens is 328 g/mol. The summed E-state index contributed by atoms with van der Waals surface area (Å²) in [5.74, 6) is -3.74. The monoisotopic (exact) mass is 337 g/mol. The van der Waals surface area contributed by atoms with Gasteiger partial charge in [-0.15, -0.1) is 0 Å². The number of carbonyl (C=O) groups is 1. The van der Waals surface area contributed by atoms with Crippen molar-refractivity contribution in [1.29, 1.82) is 0 Å². The van der Waals surface area contributed by atoms with Crippen LogP contribution in [0.15, 0.2) is 42.5 Å². The summed E-state index contributed by atoms with van der Waals surface area (Å²) in [6.45, 7) is 0.0729. The standard InChI is InChI=1S/C16H10ClF2NO3/c17-10-3-1-9(2-4-10)14-16(18,19)15(21)20(14)11-5-6-12-13(7-11)23-8-22-12/h1-7,14H,8H2/t14-/m0/s1. The minimum atomic E-state index is -3.45. The van der Waals surface area contributed by atoms with E-state index in [2.05, 4.69) is 0 Å². The average molecular weight is 338 g/mol. The first-order chi connectivity index (χ1) is 11.0. The van der Waals surface area contributed by atoms with Gasteiger partial charge in [-0.05, 0) is 29.8 Å². The van der Waals surface area contributed by atoms with E-state index in [4.69, 9.17) is 21.1 Å². The van der Waals surface area contributed by atoms with Crippen molar-refractivity contribution < 1.29 is 23.0 Å². The second kappa shape index (κ2) is 4.83. The Bertz CT molecular complexity index is 794. The highest BCUT2D eigenvalue weighted by Crippen LogP contribution is 2.51. The van der Waals surface area contributed by atoms with E-state index in [-0.39, 0.29) is 6.79 Å². The molecule has 1 saturated heterocycles. The topological polar surface area (TPSA) is 38.8 Å². The second-order valence-electron chi connectivity index (χ2n) is 5.29.